The minimum atomic E-state index is -0.581. The maximum Gasteiger partial charge on any atom is 0.336 e. The summed E-state index contributed by atoms with van der Waals surface area (Å²) < 4.78 is 31.0. The molecular weight excluding hydrogens is 559 g/mol. The number of rotatable bonds is 15. The van der Waals surface area contributed by atoms with Gasteiger partial charge in [0.1, 0.15) is 23.6 Å². The predicted octanol–water partition coefficient (Wildman–Crippen LogP) is 8.26. The van der Waals surface area contributed by atoms with E-state index in [2.05, 4.69) is 6.58 Å². The van der Waals surface area contributed by atoms with Crippen molar-refractivity contribution in [2.75, 3.05) is 13.2 Å². The Bertz CT molecular complexity index is 1590. The quantitative estimate of drug-likeness (QED) is 0.0455. The van der Waals surface area contributed by atoms with Crippen LogP contribution in [0.1, 0.15) is 41.6 Å². The van der Waals surface area contributed by atoms with Crippen molar-refractivity contribution in [3.05, 3.63) is 127 Å². The Morgan fingerprint density at radius 3 is 1.91 bits per heavy atom. The molecule has 4 aromatic carbocycles. The largest absolute Gasteiger partial charge is 0.494 e. The zero-order chi connectivity index (χ0) is 31.1. The van der Waals surface area contributed by atoms with Gasteiger partial charge in [0, 0.05) is 23.3 Å². The van der Waals surface area contributed by atoms with Crippen molar-refractivity contribution in [3.63, 3.8) is 0 Å². The van der Waals surface area contributed by atoms with Crippen LogP contribution in [0.25, 0.3) is 28.3 Å². The molecule has 0 aromatic heterocycles. The molecule has 0 spiro atoms. The van der Waals surface area contributed by atoms with E-state index in [0.29, 0.717) is 47.0 Å². The molecule has 224 valence electrons. The van der Waals surface area contributed by atoms with Crippen LogP contribution >= 0.6 is 0 Å². The fourth-order valence-electron chi connectivity index (χ4n) is 4.36. The summed E-state index contributed by atoms with van der Waals surface area (Å²) in [5.74, 6) is -0.310. The molecule has 0 unspecified atom stereocenters. The summed E-state index contributed by atoms with van der Waals surface area (Å²) in [4.78, 5) is 34.2. The number of ether oxygens (including phenoxy) is 3. The number of hydrogen-bond donors (Lipinski definition) is 0. The molecule has 0 N–H and O–H groups in total. The van der Waals surface area contributed by atoms with Crippen LogP contribution in [0.2, 0.25) is 0 Å². The number of carbonyl (C=O) groups is 3. The molecule has 0 fully saturated rings. The zero-order valence-corrected chi connectivity index (χ0v) is 24.2. The summed E-state index contributed by atoms with van der Waals surface area (Å²) in [6.07, 6.45) is 8.28. The van der Waals surface area contributed by atoms with Crippen LogP contribution in [0.15, 0.2) is 110 Å². The molecule has 7 heteroatoms. The SMILES string of the molecule is C=CC(=O)OCCCCCCOc1ccc(-c2ccc(/C=C/C(=O)Oc3ccc(-c4ccc(C=O)cc4)cc3)cc2F)cc1. The van der Waals surface area contributed by atoms with Gasteiger partial charge in [-0.25, -0.2) is 14.0 Å². The number of carbonyl (C=O) groups excluding carboxylic acids is 3. The molecule has 0 bridgehead atoms. The highest BCUT2D eigenvalue weighted by molar-refractivity contribution is 5.89. The maximum atomic E-state index is 14.9. The number of unbranched alkanes of at least 4 members (excludes halogenated alkanes) is 3. The molecule has 44 heavy (non-hydrogen) atoms. The smallest absolute Gasteiger partial charge is 0.336 e. The van der Waals surface area contributed by atoms with Gasteiger partial charge in [-0.05, 0) is 84.3 Å². The first-order valence-electron chi connectivity index (χ1n) is 14.3. The van der Waals surface area contributed by atoms with Crippen molar-refractivity contribution >= 4 is 24.3 Å². The van der Waals surface area contributed by atoms with Gasteiger partial charge in [0.2, 0.25) is 0 Å². The molecule has 0 aliphatic heterocycles. The second-order valence-corrected chi connectivity index (χ2v) is 9.92. The van der Waals surface area contributed by atoms with Gasteiger partial charge >= 0.3 is 11.9 Å². The van der Waals surface area contributed by atoms with Crippen molar-refractivity contribution in [1.29, 1.82) is 0 Å². The minimum Gasteiger partial charge on any atom is -0.494 e. The Labute approximate surface area is 256 Å². The summed E-state index contributed by atoms with van der Waals surface area (Å²) in [5.41, 5.74) is 4.13. The molecule has 4 rings (SSSR count). The molecule has 4 aromatic rings. The van der Waals surface area contributed by atoms with Gasteiger partial charge in [-0.3, -0.25) is 4.79 Å². The minimum absolute atomic E-state index is 0.380. The average molecular weight is 593 g/mol. The fourth-order valence-corrected chi connectivity index (χ4v) is 4.36. The van der Waals surface area contributed by atoms with Crippen molar-refractivity contribution in [1.82, 2.24) is 0 Å². The summed E-state index contributed by atoms with van der Waals surface area (Å²) in [5, 5.41) is 0. The van der Waals surface area contributed by atoms with E-state index in [-0.39, 0.29) is 0 Å². The van der Waals surface area contributed by atoms with E-state index in [1.165, 1.54) is 18.2 Å². The average Bonchev–Trinajstić information content (AvgIpc) is 3.05. The fraction of sp³-hybridized carbons (Fsp3) is 0.162. The van der Waals surface area contributed by atoms with E-state index in [1.807, 2.05) is 36.4 Å². The molecule has 0 saturated heterocycles. The first kappa shape index (κ1) is 31.6. The lowest BCUT2D eigenvalue weighted by atomic mass is 10.0. The van der Waals surface area contributed by atoms with Crippen molar-refractivity contribution in [2.45, 2.75) is 25.7 Å². The number of esters is 2. The Balaban J connectivity index is 1.22. The molecule has 6 nitrogen and oxygen atoms in total. The second kappa shape index (κ2) is 16.4. The molecule has 0 aliphatic carbocycles. The lowest BCUT2D eigenvalue weighted by Crippen LogP contribution is -2.03. The lowest BCUT2D eigenvalue weighted by Gasteiger charge is -2.09. The molecular formula is C37H33FO6. The van der Waals surface area contributed by atoms with Crippen molar-refractivity contribution < 1.29 is 33.0 Å². The standard InChI is InChI=1S/C37H33FO6/c1-2-36(40)43-24-6-4-3-5-23-42-32-17-15-31(16-18-32)34-21-9-27(25-35(34)38)10-22-37(41)44-33-19-13-30(14-20-33)29-11-7-28(26-39)8-12-29/h2,7-22,25-26H,1,3-6,23-24H2/b22-10+. The third-order valence-electron chi connectivity index (χ3n) is 6.74. The number of halogens is 1. The van der Waals surface area contributed by atoms with Crippen LogP contribution in [0.5, 0.6) is 11.5 Å². The highest BCUT2D eigenvalue weighted by atomic mass is 19.1. The first-order chi connectivity index (χ1) is 21.4. The highest BCUT2D eigenvalue weighted by Crippen LogP contribution is 2.27. The topological polar surface area (TPSA) is 78.9 Å². The van der Waals surface area contributed by atoms with Crippen LogP contribution in [0, 0.1) is 5.82 Å². The first-order valence-corrected chi connectivity index (χ1v) is 14.3. The monoisotopic (exact) mass is 592 g/mol. The number of aldehydes is 1. The predicted molar refractivity (Wildman–Crippen MR) is 169 cm³/mol. The van der Waals surface area contributed by atoms with Crippen molar-refractivity contribution in [2.24, 2.45) is 0 Å². The van der Waals surface area contributed by atoms with Crippen LogP contribution < -0.4 is 9.47 Å². The molecule has 0 saturated carbocycles. The summed E-state index contributed by atoms with van der Waals surface area (Å²) in [7, 11) is 0. The molecule has 0 amide bonds. The van der Waals surface area contributed by atoms with Crippen LogP contribution in [-0.4, -0.2) is 31.4 Å². The third-order valence-corrected chi connectivity index (χ3v) is 6.74. The van der Waals surface area contributed by atoms with Gasteiger partial charge < -0.3 is 14.2 Å². The summed E-state index contributed by atoms with van der Waals surface area (Å²) in [6.45, 7) is 4.32. The van der Waals surface area contributed by atoms with E-state index in [1.54, 1.807) is 48.5 Å². The Morgan fingerprint density at radius 1 is 0.682 bits per heavy atom. The van der Waals surface area contributed by atoms with Gasteiger partial charge in [0.15, 0.2) is 0 Å². The van der Waals surface area contributed by atoms with Gasteiger partial charge in [-0.1, -0.05) is 67.2 Å². The van der Waals surface area contributed by atoms with Gasteiger partial charge in [0.05, 0.1) is 13.2 Å². The van der Waals surface area contributed by atoms with E-state index in [4.69, 9.17) is 14.2 Å². The summed E-state index contributed by atoms with van der Waals surface area (Å²) in [6, 6.07) is 26.2. The Morgan fingerprint density at radius 2 is 1.27 bits per heavy atom. The molecule has 0 heterocycles. The van der Waals surface area contributed by atoms with Gasteiger partial charge in [-0.15, -0.1) is 0 Å². The highest BCUT2D eigenvalue weighted by Gasteiger charge is 2.08. The van der Waals surface area contributed by atoms with Gasteiger partial charge in [0.25, 0.3) is 0 Å². The van der Waals surface area contributed by atoms with Crippen molar-refractivity contribution in [3.8, 4) is 33.8 Å². The van der Waals surface area contributed by atoms with E-state index < -0.39 is 17.8 Å². The molecule has 0 aliphatic rings. The Kier molecular flexibility index (Phi) is 11.8. The zero-order valence-electron chi connectivity index (χ0n) is 24.2. The lowest BCUT2D eigenvalue weighted by molar-refractivity contribution is -0.137. The third kappa shape index (κ3) is 9.63. The van der Waals surface area contributed by atoms with Crippen LogP contribution in [-0.2, 0) is 14.3 Å². The maximum absolute atomic E-state index is 14.9. The van der Waals surface area contributed by atoms with Crippen LogP contribution in [0.4, 0.5) is 4.39 Å². The van der Waals surface area contributed by atoms with E-state index in [9.17, 15) is 18.8 Å². The normalized spacial score (nSPS) is 10.8. The summed E-state index contributed by atoms with van der Waals surface area (Å²) >= 11 is 0. The molecule has 0 radical (unpaired) electrons. The Hall–Kier alpha value is -5.30. The second-order valence-electron chi connectivity index (χ2n) is 9.92. The van der Waals surface area contributed by atoms with E-state index in [0.717, 1.165) is 49.2 Å². The van der Waals surface area contributed by atoms with E-state index >= 15 is 0 Å². The number of benzene rings is 4. The van der Waals surface area contributed by atoms with Gasteiger partial charge in [-0.2, -0.15) is 0 Å². The number of hydrogen-bond acceptors (Lipinski definition) is 6. The van der Waals surface area contributed by atoms with Crippen LogP contribution in [0.3, 0.4) is 0 Å². The molecule has 0 atom stereocenters.